The first kappa shape index (κ1) is 30.8. The van der Waals surface area contributed by atoms with E-state index in [1.54, 1.807) is 6.08 Å². The summed E-state index contributed by atoms with van der Waals surface area (Å²) in [6, 6.07) is 2.70. The Morgan fingerprint density at radius 2 is 1.82 bits per heavy atom. The van der Waals surface area contributed by atoms with Gasteiger partial charge in [-0.05, 0) is 67.6 Å². The van der Waals surface area contributed by atoms with Gasteiger partial charge in [0.05, 0.1) is 30.7 Å². The van der Waals surface area contributed by atoms with Gasteiger partial charge in [-0.1, -0.05) is 72.3 Å². The number of benzene rings is 1. The van der Waals surface area contributed by atoms with Crippen molar-refractivity contribution in [3.05, 3.63) is 63.8 Å². The summed E-state index contributed by atoms with van der Waals surface area (Å²) < 4.78 is 18.8. The Morgan fingerprint density at radius 3 is 2.50 bits per heavy atom. The number of aromatic nitrogens is 2. The van der Waals surface area contributed by atoms with Gasteiger partial charge in [-0.3, -0.25) is 0 Å². The fourth-order valence-electron chi connectivity index (χ4n) is 8.02. The van der Waals surface area contributed by atoms with E-state index in [0.29, 0.717) is 23.8 Å². The highest BCUT2D eigenvalue weighted by molar-refractivity contribution is 5.94. The quantitative estimate of drug-likeness (QED) is 0.263. The zero-order valence-electron chi connectivity index (χ0n) is 27.4. The van der Waals surface area contributed by atoms with Crippen molar-refractivity contribution in [2.75, 3.05) is 11.9 Å². The molecule has 7 rings (SSSR count). The number of aliphatic hydroxyl groups excluding tert-OH is 1. The molecule has 3 aromatic rings. The van der Waals surface area contributed by atoms with Crippen molar-refractivity contribution in [1.82, 2.24) is 9.97 Å². The molecule has 0 saturated heterocycles. The number of nitrogens with zero attached hydrogens (tertiary/aromatic N) is 2. The SMILES string of the molecule is CCC1=C[C@H](C)C2OC1c1cc(CC)c(/C=C\CO)c3occ2c13.CCc1nc(C)nc2c1N[C@H]1[C@@H](CC)C[C@H](CC)[C@@H]1O2. The Kier molecular flexibility index (Phi) is 8.89. The largest absolute Gasteiger partial charge is 0.470 e. The monoisotopic (exact) mass is 599 g/mol. The number of rotatable bonds is 7. The third-order valence-electron chi connectivity index (χ3n) is 10.3. The van der Waals surface area contributed by atoms with Gasteiger partial charge in [0.2, 0.25) is 5.88 Å². The van der Waals surface area contributed by atoms with Crippen LogP contribution in [-0.2, 0) is 17.6 Å². The van der Waals surface area contributed by atoms with Crippen LogP contribution in [0.5, 0.6) is 5.88 Å². The normalized spacial score (nSPS) is 28.1. The van der Waals surface area contributed by atoms with Gasteiger partial charge in [-0.2, -0.15) is 4.98 Å². The molecule has 0 spiro atoms. The highest BCUT2D eigenvalue weighted by Crippen LogP contribution is 2.52. The van der Waals surface area contributed by atoms with Crippen LogP contribution in [-0.4, -0.2) is 33.8 Å². The molecule has 236 valence electrons. The molecule has 2 aromatic heterocycles. The van der Waals surface area contributed by atoms with Gasteiger partial charge in [0.15, 0.2) is 0 Å². The Hall–Kier alpha value is -3.16. The van der Waals surface area contributed by atoms with Crippen LogP contribution in [0.15, 0.2) is 34.5 Å². The van der Waals surface area contributed by atoms with Crippen LogP contribution >= 0.6 is 0 Å². The van der Waals surface area contributed by atoms with Crippen molar-refractivity contribution in [1.29, 1.82) is 0 Å². The predicted molar refractivity (Wildman–Crippen MR) is 176 cm³/mol. The summed E-state index contributed by atoms with van der Waals surface area (Å²) in [5.41, 5.74) is 9.15. The number of furan rings is 1. The van der Waals surface area contributed by atoms with Crippen LogP contribution in [0.1, 0.15) is 113 Å². The Balaban J connectivity index is 0.000000159. The molecule has 7 heteroatoms. The summed E-state index contributed by atoms with van der Waals surface area (Å²) >= 11 is 0. The maximum Gasteiger partial charge on any atom is 0.241 e. The first-order chi connectivity index (χ1) is 21.4. The van der Waals surface area contributed by atoms with Crippen molar-refractivity contribution in [2.45, 2.75) is 111 Å². The van der Waals surface area contributed by atoms with Crippen molar-refractivity contribution < 1.29 is 19.0 Å². The fraction of sp³-hybridized carbons (Fsp3) is 0.568. The van der Waals surface area contributed by atoms with Gasteiger partial charge >= 0.3 is 0 Å². The van der Waals surface area contributed by atoms with Gasteiger partial charge in [-0.25, -0.2) is 4.98 Å². The average Bonchev–Trinajstić information content (AvgIpc) is 3.64. The first-order valence-corrected chi connectivity index (χ1v) is 16.9. The van der Waals surface area contributed by atoms with Crippen LogP contribution in [0.4, 0.5) is 5.69 Å². The second-order valence-corrected chi connectivity index (χ2v) is 12.8. The summed E-state index contributed by atoms with van der Waals surface area (Å²) in [6.07, 6.45) is 14.9. The maximum atomic E-state index is 9.17. The van der Waals surface area contributed by atoms with E-state index in [-0.39, 0.29) is 24.9 Å². The maximum absolute atomic E-state index is 9.17. The summed E-state index contributed by atoms with van der Waals surface area (Å²) in [6.45, 7) is 15.2. The summed E-state index contributed by atoms with van der Waals surface area (Å²) in [7, 11) is 0. The van der Waals surface area contributed by atoms with Crippen LogP contribution in [0.25, 0.3) is 17.0 Å². The van der Waals surface area contributed by atoms with Crippen LogP contribution in [0.3, 0.4) is 0 Å². The number of hydrogen-bond donors (Lipinski definition) is 2. The highest BCUT2D eigenvalue weighted by Gasteiger charge is 2.47. The van der Waals surface area contributed by atoms with Gasteiger partial charge in [-0.15, -0.1) is 0 Å². The van der Waals surface area contributed by atoms with E-state index in [0.717, 1.165) is 59.1 Å². The lowest BCUT2D eigenvalue weighted by atomic mass is 9.80. The van der Waals surface area contributed by atoms with Crippen LogP contribution < -0.4 is 10.1 Å². The Bertz CT molecular complexity index is 1570. The number of aliphatic hydroxyl groups is 1. The zero-order valence-corrected chi connectivity index (χ0v) is 27.4. The van der Waals surface area contributed by atoms with E-state index in [9.17, 15) is 0 Å². The zero-order chi connectivity index (χ0) is 31.1. The smallest absolute Gasteiger partial charge is 0.241 e. The first-order valence-electron chi connectivity index (χ1n) is 16.9. The number of fused-ring (bicyclic) bond motifs is 6. The molecule has 2 bridgehead atoms. The van der Waals surface area contributed by atoms with Gasteiger partial charge < -0.3 is 24.3 Å². The summed E-state index contributed by atoms with van der Waals surface area (Å²) in [4.78, 5) is 9.06. The number of aryl methyl sites for hydroxylation is 3. The minimum atomic E-state index is 0.0358. The lowest BCUT2D eigenvalue weighted by Gasteiger charge is -2.38. The molecule has 1 aromatic carbocycles. The van der Waals surface area contributed by atoms with Crippen LogP contribution in [0, 0.1) is 24.7 Å². The molecule has 0 amide bonds. The number of ether oxygens (including phenoxy) is 2. The molecule has 5 heterocycles. The molecular weight excluding hydrogens is 550 g/mol. The van der Waals surface area contributed by atoms with E-state index >= 15 is 0 Å². The number of hydrogen-bond acceptors (Lipinski definition) is 7. The fourth-order valence-corrected chi connectivity index (χ4v) is 8.02. The molecule has 7 nitrogen and oxygen atoms in total. The van der Waals surface area contributed by atoms with E-state index in [1.165, 1.54) is 41.3 Å². The molecule has 2 N–H and O–H groups in total. The molecule has 3 aliphatic heterocycles. The van der Waals surface area contributed by atoms with Crippen molar-refractivity contribution in [2.24, 2.45) is 17.8 Å². The third-order valence-corrected chi connectivity index (χ3v) is 10.3. The topological polar surface area (TPSA) is 89.6 Å². The third kappa shape index (κ3) is 5.16. The molecule has 1 fully saturated rings. The molecule has 4 aliphatic rings. The molecule has 7 atom stereocenters. The lowest BCUT2D eigenvalue weighted by Crippen LogP contribution is -2.43. The summed E-state index contributed by atoms with van der Waals surface area (Å²) in [5.74, 6) is 3.27. The van der Waals surface area contributed by atoms with E-state index in [4.69, 9.17) is 19.0 Å². The van der Waals surface area contributed by atoms with Crippen molar-refractivity contribution in [3.63, 3.8) is 0 Å². The molecule has 1 aliphatic carbocycles. The Labute approximate surface area is 262 Å². The van der Waals surface area contributed by atoms with Crippen molar-refractivity contribution >= 4 is 22.7 Å². The minimum absolute atomic E-state index is 0.0358. The predicted octanol–water partition coefficient (Wildman–Crippen LogP) is 8.44. The van der Waals surface area contributed by atoms with Gasteiger partial charge in [0.25, 0.3) is 0 Å². The molecule has 44 heavy (non-hydrogen) atoms. The van der Waals surface area contributed by atoms with E-state index < -0.39 is 0 Å². The van der Waals surface area contributed by atoms with Gasteiger partial charge in [0, 0.05) is 22.4 Å². The molecular formula is C37H49N3O4. The molecule has 2 unspecified atom stereocenters. The summed E-state index contributed by atoms with van der Waals surface area (Å²) in [5, 5.41) is 14.1. The highest BCUT2D eigenvalue weighted by atomic mass is 16.5. The minimum Gasteiger partial charge on any atom is -0.470 e. The van der Waals surface area contributed by atoms with Crippen LogP contribution in [0.2, 0.25) is 0 Å². The van der Waals surface area contributed by atoms with Crippen molar-refractivity contribution in [3.8, 4) is 5.88 Å². The standard InChI is InChI=1S/C21H24O3.C16H25N3O/c1-4-13-10-16-18-17(11-23-21(18)15(13)7-6-8-22)19-12(3)9-14(5-2)20(16)24-19;1-5-10-8-11(6-2)15-13(10)19-14-12(7-3)17-9(4)18-16(14)20-15/h6-7,9-12,19-20,22H,4-5,8H2,1-3H3;10-11,13,15,19H,5-8H2,1-4H3/b7-6-;/t12-,19?,20?;10-,11-,13-,15-/m00/s1. The lowest BCUT2D eigenvalue weighted by molar-refractivity contribution is -0.0333. The number of anilines is 1. The van der Waals surface area contributed by atoms with E-state index in [1.807, 2.05) is 19.3 Å². The van der Waals surface area contributed by atoms with E-state index in [2.05, 4.69) is 69.0 Å². The average molecular weight is 600 g/mol. The second-order valence-electron chi connectivity index (χ2n) is 12.8. The number of nitrogens with one attached hydrogen (secondary N) is 1. The van der Waals surface area contributed by atoms with Gasteiger partial charge in [0.1, 0.15) is 29.3 Å². The second kappa shape index (κ2) is 12.7. The molecule has 1 saturated carbocycles. The molecule has 0 radical (unpaired) electrons. The Morgan fingerprint density at radius 1 is 1.02 bits per heavy atom.